The van der Waals surface area contributed by atoms with Gasteiger partial charge in [-0.1, -0.05) is 21.1 Å². The lowest BCUT2D eigenvalue weighted by atomic mass is 10.3. The first kappa shape index (κ1) is 12.1. The molecule has 0 bridgehead atoms. The molecule has 1 aromatic heterocycles. The zero-order valence-electron chi connectivity index (χ0n) is 8.50. The Balaban J connectivity index is 2.39. The van der Waals surface area contributed by atoms with E-state index in [-0.39, 0.29) is 5.69 Å². The number of alkyl halides is 1. The van der Waals surface area contributed by atoms with Gasteiger partial charge in [-0.05, 0) is 0 Å². The molecule has 90 valence electrons. The summed E-state index contributed by atoms with van der Waals surface area (Å²) in [5.41, 5.74) is 0.765. The first-order valence-electron chi connectivity index (χ1n) is 4.74. The maximum Gasteiger partial charge on any atom is 0.194 e. The minimum Gasteiger partial charge on any atom is -0.220 e. The van der Waals surface area contributed by atoms with Gasteiger partial charge in [0.05, 0.1) is 17.6 Å². The number of hydrogen-bond donors (Lipinski definition) is 0. The molecule has 2 aromatic rings. The molecule has 3 nitrogen and oxygen atoms in total. The number of nitrogens with zero attached hydrogens (tertiary/aromatic N) is 3. The van der Waals surface area contributed by atoms with Crippen molar-refractivity contribution < 1.29 is 13.2 Å². The summed E-state index contributed by atoms with van der Waals surface area (Å²) in [6.07, 6.45) is 2.18. The average molecular weight is 306 g/mol. The molecule has 1 heterocycles. The number of aryl methyl sites for hydroxylation is 1. The fraction of sp³-hybridized carbons (Fsp3) is 0.200. The van der Waals surface area contributed by atoms with Crippen LogP contribution in [0.15, 0.2) is 18.3 Å². The Hall–Kier alpha value is -1.37. The van der Waals surface area contributed by atoms with E-state index in [9.17, 15) is 13.2 Å². The summed E-state index contributed by atoms with van der Waals surface area (Å²) in [6, 6.07) is 1.73. The molecule has 0 atom stereocenters. The first-order chi connectivity index (χ1) is 8.11. The van der Waals surface area contributed by atoms with Crippen molar-refractivity contribution >= 4 is 15.9 Å². The third-order valence-corrected chi connectivity index (χ3v) is 2.52. The molecule has 0 aliphatic rings. The molecule has 1 aromatic carbocycles. The van der Waals surface area contributed by atoms with Gasteiger partial charge in [0.15, 0.2) is 17.5 Å². The Morgan fingerprint density at radius 3 is 2.41 bits per heavy atom. The molecule has 0 saturated heterocycles. The second kappa shape index (κ2) is 4.87. The highest BCUT2D eigenvalue weighted by molar-refractivity contribution is 9.09. The van der Waals surface area contributed by atoms with E-state index >= 15 is 0 Å². The topological polar surface area (TPSA) is 30.7 Å². The zero-order chi connectivity index (χ0) is 12.4. The molecule has 0 radical (unpaired) electrons. The molecule has 0 unspecified atom stereocenters. The summed E-state index contributed by atoms with van der Waals surface area (Å²) < 4.78 is 39.9. The van der Waals surface area contributed by atoms with Crippen molar-refractivity contribution in [2.75, 3.05) is 5.33 Å². The minimum absolute atomic E-state index is 0.0923. The lowest BCUT2D eigenvalue weighted by Gasteiger charge is -2.01. The van der Waals surface area contributed by atoms with Crippen molar-refractivity contribution in [1.82, 2.24) is 15.0 Å². The summed E-state index contributed by atoms with van der Waals surface area (Å²) in [5.74, 6) is -4.00. The molecule has 7 heteroatoms. The van der Waals surface area contributed by atoms with E-state index in [4.69, 9.17) is 0 Å². The van der Waals surface area contributed by atoms with Crippen LogP contribution in [0.3, 0.4) is 0 Å². The highest BCUT2D eigenvalue weighted by Gasteiger charge is 2.12. The Bertz CT molecular complexity index is 518. The van der Waals surface area contributed by atoms with Crippen LogP contribution >= 0.6 is 15.9 Å². The van der Waals surface area contributed by atoms with E-state index in [1.54, 1.807) is 0 Å². The normalized spacial score (nSPS) is 10.8. The smallest absolute Gasteiger partial charge is 0.194 e. The fourth-order valence-corrected chi connectivity index (χ4v) is 1.72. The largest absolute Gasteiger partial charge is 0.220 e. The summed E-state index contributed by atoms with van der Waals surface area (Å²) in [4.78, 5) is 0. The van der Waals surface area contributed by atoms with Gasteiger partial charge in [-0.15, -0.1) is 5.10 Å². The molecular weight excluding hydrogens is 299 g/mol. The fourth-order valence-electron chi connectivity index (χ4n) is 1.31. The number of rotatable bonds is 3. The maximum atomic E-state index is 13.0. The van der Waals surface area contributed by atoms with Crippen LogP contribution in [0.4, 0.5) is 13.2 Å². The second-order valence-corrected chi connectivity index (χ2v) is 4.11. The molecule has 2 rings (SSSR count). The highest BCUT2D eigenvalue weighted by Crippen LogP contribution is 2.16. The molecule has 0 spiro atoms. The zero-order valence-corrected chi connectivity index (χ0v) is 10.1. The molecule has 0 fully saturated rings. The van der Waals surface area contributed by atoms with Crippen molar-refractivity contribution in [3.8, 4) is 5.69 Å². The quantitative estimate of drug-likeness (QED) is 0.645. The molecule has 0 aliphatic heterocycles. The van der Waals surface area contributed by atoms with Crippen molar-refractivity contribution in [3.05, 3.63) is 41.5 Å². The van der Waals surface area contributed by atoms with Gasteiger partial charge in [0.1, 0.15) is 0 Å². The number of halogens is 4. The predicted octanol–water partition coefficient (Wildman–Crippen LogP) is 2.62. The molecule has 0 N–H and O–H groups in total. The van der Waals surface area contributed by atoms with E-state index in [1.807, 2.05) is 0 Å². The number of hydrogen-bond acceptors (Lipinski definition) is 2. The van der Waals surface area contributed by atoms with Crippen LogP contribution in [0.2, 0.25) is 0 Å². The first-order valence-corrected chi connectivity index (χ1v) is 5.86. The summed E-state index contributed by atoms with van der Waals surface area (Å²) >= 11 is 3.24. The van der Waals surface area contributed by atoms with Crippen molar-refractivity contribution in [2.45, 2.75) is 6.42 Å². The Kier molecular flexibility index (Phi) is 3.46. The van der Waals surface area contributed by atoms with Crippen LogP contribution in [0, 0.1) is 17.5 Å². The maximum absolute atomic E-state index is 13.0. The monoisotopic (exact) mass is 305 g/mol. The van der Waals surface area contributed by atoms with Crippen LogP contribution in [0.5, 0.6) is 0 Å². The van der Waals surface area contributed by atoms with Crippen molar-refractivity contribution in [3.63, 3.8) is 0 Å². The minimum atomic E-state index is -1.49. The van der Waals surface area contributed by atoms with Crippen molar-refractivity contribution in [1.29, 1.82) is 0 Å². The van der Waals surface area contributed by atoms with Gasteiger partial charge in [0.25, 0.3) is 0 Å². The summed E-state index contributed by atoms with van der Waals surface area (Å²) in [7, 11) is 0. The molecule has 0 saturated carbocycles. The SMILES string of the molecule is Fc1cc(-n2cc(CCBr)nn2)cc(F)c1F. The van der Waals surface area contributed by atoms with Crippen LogP contribution in [-0.4, -0.2) is 20.3 Å². The van der Waals surface area contributed by atoms with E-state index in [1.165, 1.54) is 10.9 Å². The third kappa shape index (κ3) is 2.49. The van der Waals surface area contributed by atoms with Crippen LogP contribution in [-0.2, 0) is 6.42 Å². The van der Waals surface area contributed by atoms with E-state index in [0.717, 1.165) is 12.1 Å². The molecule has 17 heavy (non-hydrogen) atoms. The van der Waals surface area contributed by atoms with Crippen molar-refractivity contribution in [2.24, 2.45) is 0 Å². The van der Waals surface area contributed by atoms with Crippen LogP contribution in [0.25, 0.3) is 5.69 Å². The van der Waals surface area contributed by atoms with E-state index < -0.39 is 17.5 Å². The number of aromatic nitrogens is 3. The molecule has 0 aliphatic carbocycles. The Labute approximate surface area is 103 Å². The predicted molar refractivity (Wildman–Crippen MR) is 58.7 cm³/mol. The second-order valence-electron chi connectivity index (χ2n) is 3.32. The van der Waals surface area contributed by atoms with E-state index in [0.29, 0.717) is 17.4 Å². The van der Waals surface area contributed by atoms with E-state index in [2.05, 4.69) is 26.2 Å². The molecule has 0 amide bonds. The van der Waals surface area contributed by atoms with Gasteiger partial charge < -0.3 is 0 Å². The van der Waals surface area contributed by atoms with Gasteiger partial charge in [-0.3, -0.25) is 0 Å². The standard InChI is InChI=1S/C10H7BrF3N3/c11-2-1-6-5-17(16-15-6)7-3-8(12)10(14)9(13)4-7/h3-5H,1-2H2. The van der Waals surface area contributed by atoms with Gasteiger partial charge >= 0.3 is 0 Å². The van der Waals surface area contributed by atoms with Gasteiger partial charge in [-0.25, -0.2) is 17.9 Å². The Morgan fingerprint density at radius 2 is 1.82 bits per heavy atom. The summed E-state index contributed by atoms with van der Waals surface area (Å²) in [5, 5.41) is 8.22. The lowest BCUT2D eigenvalue weighted by Crippen LogP contribution is -1.99. The average Bonchev–Trinajstić information content (AvgIpc) is 2.74. The van der Waals surface area contributed by atoms with Gasteiger partial charge in [-0.2, -0.15) is 0 Å². The third-order valence-electron chi connectivity index (χ3n) is 2.12. The number of benzene rings is 1. The highest BCUT2D eigenvalue weighted by atomic mass is 79.9. The Morgan fingerprint density at radius 1 is 1.18 bits per heavy atom. The summed E-state index contributed by atoms with van der Waals surface area (Å²) in [6.45, 7) is 0. The van der Waals surface area contributed by atoms with Gasteiger partial charge in [0.2, 0.25) is 0 Å². The van der Waals surface area contributed by atoms with Gasteiger partial charge in [0, 0.05) is 23.9 Å². The molecular formula is C10H7BrF3N3. The van der Waals surface area contributed by atoms with Crippen LogP contribution in [0.1, 0.15) is 5.69 Å². The lowest BCUT2D eigenvalue weighted by molar-refractivity contribution is 0.446. The van der Waals surface area contributed by atoms with Crippen LogP contribution < -0.4 is 0 Å².